The second-order valence-corrected chi connectivity index (χ2v) is 5.84. The van der Waals surface area contributed by atoms with Crippen LogP contribution in [0.2, 0.25) is 0 Å². The van der Waals surface area contributed by atoms with Crippen molar-refractivity contribution in [2.45, 2.75) is 38.3 Å². The smallest absolute Gasteiger partial charge is 0.122 e. The predicted molar refractivity (Wildman–Crippen MR) is 77.7 cm³/mol. The minimum Gasteiger partial charge on any atom is -0.493 e. The molecule has 0 amide bonds. The maximum Gasteiger partial charge on any atom is 0.122 e. The van der Waals surface area contributed by atoms with Gasteiger partial charge in [0.2, 0.25) is 0 Å². The zero-order valence-electron chi connectivity index (χ0n) is 12.0. The molecule has 0 bridgehead atoms. The van der Waals surface area contributed by atoms with Gasteiger partial charge >= 0.3 is 0 Å². The first kappa shape index (κ1) is 12.9. The summed E-state index contributed by atoms with van der Waals surface area (Å²) in [5, 5.41) is 3.82. The Morgan fingerprint density at radius 2 is 2.37 bits per heavy atom. The van der Waals surface area contributed by atoms with Gasteiger partial charge in [-0.15, -0.1) is 0 Å². The van der Waals surface area contributed by atoms with Crippen LogP contribution in [-0.4, -0.2) is 37.7 Å². The molecule has 0 radical (unpaired) electrons. The summed E-state index contributed by atoms with van der Waals surface area (Å²) in [6.07, 6.45) is 3.46. The van der Waals surface area contributed by atoms with Gasteiger partial charge in [0.25, 0.3) is 0 Å². The molecule has 1 N–H and O–H groups in total. The van der Waals surface area contributed by atoms with Gasteiger partial charge in [0.1, 0.15) is 5.75 Å². The summed E-state index contributed by atoms with van der Waals surface area (Å²) in [5.74, 6) is 1.08. The molecule has 0 saturated carbocycles. The minimum atomic E-state index is 0.474. The number of likely N-dealkylation sites (N-methyl/N-ethyl adjacent to an activating group) is 1. The van der Waals surface area contributed by atoms with Crippen LogP contribution in [0.4, 0.5) is 0 Å². The van der Waals surface area contributed by atoms with E-state index in [0.717, 1.165) is 25.2 Å². The van der Waals surface area contributed by atoms with Crippen molar-refractivity contribution in [3.05, 3.63) is 29.3 Å². The van der Waals surface area contributed by atoms with Crippen LogP contribution in [0.3, 0.4) is 0 Å². The molecule has 1 fully saturated rings. The second kappa shape index (κ2) is 5.51. The number of nitrogens with one attached hydrogen (secondary N) is 1. The van der Waals surface area contributed by atoms with Crippen LogP contribution in [0.25, 0.3) is 0 Å². The Morgan fingerprint density at radius 1 is 1.47 bits per heavy atom. The molecule has 3 nitrogen and oxygen atoms in total. The Morgan fingerprint density at radius 3 is 3.11 bits per heavy atom. The van der Waals surface area contributed by atoms with E-state index in [1.807, 2.05) is 0 Å². The number of benzene rings is 1. The van der Waals surface area contributed by atoms with E-state index in [0.29, 0.717) is 12.1 Å². The monoisotopic (exact) mass is 260 g/mol. The average molecular weight is 260 g/mol. The quantitative estimate of drug-likeness (QED) is 0.899. The topological polar surface area (TPSA) is 24.5 Å². The van der Waals surface area contributed by atoms with E-state index in [9.17, 15) is 0 Å². The fraction of sp³-hybridized carbons (Fsp3) is 0.625. The first-order valence-corrected chi connectivity index (χ1v) is 7.46. The van der Waals surface area contributed by atoms with Gasteiger partial charge in [0.05, 0.1) is 6.61 Å². The Kier molecular flexibility index (Phi) is 3.76. The molecule has 0 aromatic heterocycles. The van der Waals surface area contributed by atoms with Crippen molar-refractivity contribution < 1.29 is 4.74 Å². The predicted octanol–water partition coefficient (Wildman–Crippen LogP) is 2.37. The van der Waals surface area contributed by atoms with Crippen molar-refractivity contribution in [3.8, 4) is 5.75 Å². The average Bonchev–Trinajstić information content (AvgIpc) is 3.03. The summed E-state index contributed by atoms with van der Waals surface area (Å²) >= 11 is 0. The molecule has 2 aliphatic heterocycles. The number of hydrogen-bond donors (Lipinski definition) is 1. The molecule has 2 aliphatic rings. The third-order valence-corrected chi connectivity index (χ3v) is 4.35. The minimum absolute atomic E-state index is 0.474. The maximum absolute atomic E-state index is 5.59. The van der Waals surface area contributed by atoms with Crippen molar-refractivity contribution in [2.24, 2.45) is 0 Å². The Hall–Kier alpha value is -1.06. The SMILES string of the molecule is CCC(NC1CCN(C)C1)c1ccc2c(c1)CCO2. The van der Waals surface area contributed by atoms with Gasteiger partial charge in [0.15, 0.2) is 0 Å². The van der Waals surface area contributed by atoms with Crippen LogP contribution >= 0.6 is 0 Å². The Balaban J connectivity index is 1.71. The third-order valence-electron chi connectivity index (χ3n) is 4.35. The highest BCUT2D eigenvalue weighted by Gasteiger charge is 2.23. The van der Waals surface area contributed by atoms with E-state index < -0.39 is 0 Å². The van der Waals surface area contributed by atoms with Crippen molar-refractivity contribution in [1.82, 2.24) is 10.2 Å². The van der Waals surface area contributed by atoms with Crippen LogP contribution in [0.5, 0.6) is 5.75 Å². The van der Waals surface area contributed by atoms with E-state index in [2.05, 4.69) is 42.4 Å². The molecule has 104 valence electrons. The number of fused-ring (bicyclic) bond motifs is 1. The summed E-state index contributed by atoms with van der Waals surface area (Å²) in [7, 11) is 2.20. The van der Waals surface area contributed by atoms with Gasteiger partial charge in [0, 0.05) is 25.0 Å². The first-order chi connectivity index (χ1) is 9.26. The van der Waals surface area contributed by atoms with Crippen LogP contribution in [0.1, 0.15) is 36.9 Å². The number of nitrogens with zero attached hydrogens (tertiary/aromatic N) is 1. The number of rotatable bonds is 4. The molecule has 1 saturated heterocycles. The highest BCUT2D eigenvalue weighted by atomic mass is 16.5. The molecule has 1 aromatic rings. The normalized spacial score (nSPS) is 24.2. The molecule has 2 atom stereocenters. The fourth-order valence-corrected chi connectivity index (χ4v) is 3.23. The van der Waals surface area contributed by atoms with Crippen molar-refractivity contribution in [3.63, 3.8) is 0 Å². The van der Waals surface area contributed by atoms with Crippen LogP contribution in [0, 0.1) is 0 Å². The Bertz CT molecular complexity index is 446. The van der Waals surface area contributed by atoms with Gasteiger partial charge in [-0.1, -0.05) is 19.1 Å². The number of likely N-dealkylation sites (tertiary alicyclic amines) is 1. The summed E-state index contributed by atoms with van der Waals surface area (Å²) in [5.41, 5.74) is 2.79. The lowest BCUT2D eigenvalue weighted by molar-refractivity contribution is 0.356. The van der Waals surface area contributed by atoms with Crippen LogP contribution in [-0.2, 0) is 6.42 Å². The molecule has 19 heavy (non-hydrogen) atoms. The summed E-state index contributed by atoms with van der Waals surface area (Å²) < 4.78 is 5.59. The van der Waals surface area contributed by atoms with E-state index in [-0.39, 0.29) is 0 Å². The van der Waals surface area contributed by atoms with Gasteiger partial charge in [-0.05, 0) is 43.6 Å². The summed E-state index contributed by atoms with van der Waals surface area (Å²) in [4.78, 5) is 2.40. The number of hydrogen-bond acceptors (Lipinski definition) is 3. The lowest BCUT2D eigenvalue weighted by Gasteiger charge is -2.22. The van der Waals surface area contributed by atoms with Gasteiger partial charge in [-0.2, -0.15) is 0 Å². The van der Waals surface area contributed by atoms with Crippen molar-refractivity contribution in [2.75, 3.05) is 26.7 Å². The fourth-order valence-electron chi connectivity index (χ4n) is 3.23. The molecule has 2 heterocycles. The zero-order valence-corrected chi connectivity index (χ0v) is 12.0. The highest BCUT2D eigenvalue weighted by molar-refractivity contribution is 5.40. The standard InChI is InChI=1S/C16H24N2O/c1-3-15(17-14-6-8-18(2)11-14)12-4-5-16-13(10-12)7-9-19-16/h4-5,10,14-15,17H,3,6-9,11H2,1-2H3. The van der Waals surface area contributed by atoms with Crippen LogP contribution < -0.4 is 10.1 Å². The van der Waals surface area contributed by atoms with Gasteiger partial charge in [-0.3, -0.25) is 0 Å². The van der Waals surface area contributed by atoms with E-state index >= 15 is 0 Å². The largest absolute Gasteiger partial charge is 0.493 e. The molecule has 2 unspecified atom stereocenters. The van der Waals surface area contributed by atoms with E-state index in [1.54, 1.807) is 0 Å². The van der Waals surface area contributed by atoms with Gasteiger partial charge in [-0.25, -0.2) is 0 Å². The first-order valence-electron chi connectivity index (χ1n) is 7.46. The summed E-state index contributed by atoms with van der Waals surface area (Å²) in [6, 6.07) is 7.82. The van der Waals surface area contributed by atoms with Crippen molar-refractivity contribution in [1.29, 1.82) is 0 Å². The maximum atomic E-state index is 5.59. The van der Waals surface area contributed by atoms with E-state index in [4.69, 9.17) is 4.74 Å². The van der Waals surface area contributed by atoms with Crippen molar-refractivity contribution >= 4 is 0 Å². The van der Waals surface area contributed by atoms with Gasteiger partial charge < -0.3 is 15.0 Å². The van der Waals surface area contributed by atoms with Crippen LogP contribution in [0.15, 0.2) is 18.2 Å². The molecule has 0 spiro atoms. The van der Waals surface area contributed by atoms with E-state index in [1.165, 1.54) is 30.6 Å². The molecular formula is C16H24N2O. The lowest BCUT2D eigenvalue weighted by Crippen LogP contribution is -2.34. The highest BCUT2D eigenvalue weighted by Crippen LogP contribution is 2.29. The molecule has 0 aliphatic carbocycles. The molecule has 3 rings (SSSR count). The summed E-state index contributed by atoms with van der Waals surface area (Å²) in [6.45, 7) is 5.49. The third kappa shape index (κ3) is 2.77. The lowest BCUT2D eigenvalue weighted by atomic mass is 10.00. The molecule has 3 heteroatoms. The Labute approximate surface area is 115 Å². The molecule has 1 aromatic carbocycles. The second-order valence-electron chi connectivity index (χ2n) is 5.84. The zero-order chi connectivity index (χ0) is 13.2. The molecular weight excluding hydrogens is 236 g/mol. The number of ether oxygens (including phenoxy) is 1.